The molecule has 140 valence electrons. The normalized spacial score (nSPS) is 11.3. The number of rotatable bonds is 2. The lowest BCUT2D eigenvalue weighted by molar-refractivity contribution is 0.624. The van der Waals surface area contributed by atoms with Gasteiger partial charge in [-0.05, 0) is 45.0 Å². The van der Waals surface area contributed by atoms with Crippen LogP contribution in [0.5, 0.6) is 0 Å². The van der Waals surface area contributed by atoms with Gasteiger partial charge in [0, 0.05) is 17.9 Å². The van der Waals surface area contributed by atoms with Crippen LogP contribution < -0.4 is 5.32 Å². The Morgan fingerprint density at radius 1 is 1.11 bits per heavy atom. The van der Waals surface area contributed by atoms with E-state index in [1.807, 2.05) is 22.7 Å². The van der Waals surface area contributed by atoms with Gasteiger partial charge in [0.1, 0.15) is 17.3 Å². The van der Waals surface area contributed by atoms with Crippen molar-refractivity contribution in [3.05, 3.63) is 71.2 Å². The van der Waals surface area contributed by atoms with E-state index < -0.39 is 0 Å². The lowest BCUT2D eigenvalue weighted by Crippen LogP contribution is -2.27. The number of hydrogen-bond acceptors (Lipinski definition) is 4. The second kappa shape index (κ2) is 7.10. The maximum absolute atomic E-state index is 13.8. The van der Waals surface area contributed by atoms with Crippen molar-refractivity contribution in [2.75, 3.05) is 5.32 Å². The minimum absolute atomic E-state index is 0.126. The van der Waals surface area contributed by atoms with E-state index in [2.05, 4.69) is 42.9 Å². The Morgan fingerprint density at radius 3 is 2.71 bits per heavy atom. The predicted octanol–water partition coefficient (Wildman–Crippen LogP) is 5.21. The van der Waals surface area contributed by atoms with Crippen molar-refractivity contribution in [1.29, 1.82) is 0 Å². The highest BCUT2D eigenvalue weighted by Crippen LogP contribution is 2.34. The molecule has 4 rings (SSSR count). The summed E-state index contributed by atoms with van der Waals surface area (Å²) in [6.45, 7) is 6.32. The molecule has 4 aromatic rings. The highest BCUT2D eigenvalue weighted by atomic mass is 32.1. The van der Waals surface area contributed by atoms with Crippen molar-refractivity contribution in [2.45, 2.75) is 26.3 Å². The molecule has 0 saturated heterocycles. The summed E-state index contributed by atoms with van der Waals surface area (Å²) in [5, 5.41) is 3.54. The zero-order valence-electron chi connectivity index (χ0n) is 15.8. The van der Waals surface area contributed by atoms with Gasteiger partial charge in [0.25, 0.3) is 0 Å². The molecular formula is C22H19FN4S. The molecule has 0 radical (unpaired) electrons. The summed E-state index contributed by atoms with van der Waals surface area (Å²) in [6.07, 6.45) is 5.38. The smallest absolute Gasteiger partial charge is 0.157 e. The fourth-order valence-corrected chi connectivity index (χ4v) is 3.63. The Morgan fingerprint density at radius 2 is 1.93 bits per heavy atom. The number of halogens is 1. The monoisotopic (exact) mass is 390 g/mol. The van der Waals surface area contributed by atoms with Crippen LogP contribution in [0.4, 0.5) is 10.2 Å². The van der Waals surface area contributed by atoms with Crippen LogP contribution in [0, 0.1) is 17.7 Å². The lowest BCUT2D eigenvalue weighted by Gasteiger charge is -2.22. The predicted molar refractivity (Wildman–Crippen MR) is 112 cm³/mol. The number of hydrogen-bond donors (Lipinski definition) is 1. The average Bonchev–Trinajstić information content (AvgIpc) is 3.25. The molecule has 6 heteroatoms. The third-order valence-electron chi connectivity index (χ3n) is 3.96. The Labute approximate surface area is 167 Å². The highest BCUT2D eigenvalue weighted by molar-refractivity contribution is 7.16. The van der Waals surface area contributed by atoms with E-state index in [0.717, 1.165) is 26.9 Å². The van der Waals surface area contributed by atoms with E-state index in [0.29, 0.717) is 5.56 Å². The fourth-order valence-electron chi connectivity index (χ4n) is 2.78. The van der Waals surface area contributed by atoms with Crippen LogP contribution in [0.3, 0.4) is 0 Å². The van der Waals surface area contributed by atoms with Gasteiger partial charge in [-0.25, -0.2) is 9.37 Å². The highest BCUT2D eigenvalue weighted by Gasteiger charge is 2.20. The number of benzene rings is 1. The molecule has 0 aliphatic rings. The standard InChI is InChI=1S/C22H19FN4S/c1-22(2,3)26-21-20(25-19-14-24-12-13-27(19)21)18-11-10-16(28-18)9-8-15-6-4-5-7-17(15)23/h4-7,10-14,26H,1-3H3. The van der Waals surface area contributed by atoms with Crippen molar-refractivity contribution in [3.8, 4) is 22.4 Å². The SMILES string of the molecule is CC(C)(C)Nc1c(-c2ccc(C#Cc3ccccc3F)s2)nc2cnccn12. The Bertz CT molecular complexity index is 1200. The van der Waals surface area contributed by atoms with Gasteiger partial charge in [0.15, 0.2) is 5.65 Å². The second-order valence-corrected chi connectivity index (χ2v) is 8.47. The molecule has 28 heavy (non-hydrogen) atoms. The largest absolute Gasteiger partial charge is 0.365 e. The zero-order valence-corrected chi connectivity index (χ0v) is 16.6. The van der Waals surface area contributed by atoms with Crippen molar-refractivity contribution < 1.29 is 4.39 Å². The molecule has 0 saturated carbocycles. The summed E-state index contributed by atoms with van der Waals surface area (Å²) in [5.41, 5.74) is 1.90. The van der Waals surface area contributed by atoms with Crippen LogP contribution in [0.25, 0.3) is 16.2 Å². The summed E-state index contributed by atoms with van der Waals surface area (Å²) >= 11 is 1.53. The van der Waals surface area contributed by atoms with Crippen molar-refractivity contribution >= 4 is 22.8 Å². The molecule has 0 spiro atoms. The molecule has 0 aliphatic carbocycles. The van der Waals surface area contributed by atoms with Gasteiger partial charge in [-0.15, -0.1) is 11.3 Å². The lowest BCUT2D eigenvalue weighted by atomic mass is 10.1. The first-order chi connectivity index (χ1) is 13.4. The maximum Gasteiger partial charge on any atom is 0.157 e. The van der Waals surface area contributed by atoms with Gasteiger partial charge in [0.2, 0.25) is 0 Å². The molecule has 0 unspecified atom stereocenters. The minimum Gasteiger partial charge on any atom is -0.365 e. The van der Waals surface area contributed by atoms with Crippen molar-refractivity contribution in [3.63, 3.8) is 0 Å². The molecule has 1 aromatic carbocycles. The van der Waals surface area contributed by atoms with Gasteiger partial charge in [-0.3, -0.25) is 9.38 Å². The van der Waals surface area contributed by atoms with Crippen molar-refractivity contribution in [1.82, 2.24) is 14.4 Å². The third-order valence-corrected chi connectivity index (χ3v) is 4.96. The third kappa shape index (κ3) is 3.75. The fraction of sp³-hybridized carbons (Fsp3) is 0.182. The van der Waals surface area contributed by atoms with E-state index in [9.17, 15) is 4.39 Å². The molecule has 0 amide bonds. The molecule has 1 N–H and O–H groups in total. The number of aromatic nitrogens is 3. The van der Waals surface area contributed by atoms with E-state index in [-0.39, 0.29) is 11.4 Å². The van der Waals surface area contributed by atoms with Crippen LogP contribution in [-0.4, -0.2) is 19.9 Å². The summed E-state index contributed by atoms with van der Waals surface area (Å²) < 4.78 is 15.8. The first-order valence-corrected chi connectivity index (χ1v) is 9.69. The number of thiophene rings is 1. The van der Waals surface area contributed by atoms with E-state index >= 15 is 0 Å². The maximum atomic E-state index is 13.8. The molecule has 0 aliphatic heterocycles. The topological polar surface area (TPSA) is 42.2 Å². The zero-order chi connectivity index (χ0) is 19.7. The number of nitrogens with zero attached hydrogens (tertiary/aromatic N) is 3. The molecule has 3 aromatic heterocycles. The van der Waals surface area contributed by atoms with E-state index in [1.165, 1.54) is 17.4 Å². The minimum atomic E-state index is -0.309. The molecule has 3 heterocycles. The van der Waals surface area contributed by atoms with Gasteiger partial charge in [-0.1, -0.05) is 24.0 Å². The first-order valence-electron chi connectivity index (χ1n) is 8.88. The summed E-state index contributed by atoms with van der Waals surface area (Å²) in [7, 11) is 0. The van der Waals surface area contributed by atoms with Crippen molar-refractivity contribution in [2.24, 2.45) is 0 Å². The Balaban J connectivity index is 1.74. The summed E-state index contributed by atoms with van der Waals surface area (Å²) in [6, 6.07) is 10.5. The van der Waals surface area contributed by atoms with Crippen LogP contribution in [0.15, 0.2) is 55.0 Å². The van der Waals surface area contributed by atoms with Crippen LogP contribution in [0.1, 0.15) is 31.2 Å². The van der Waals surface area contributed by atoms with Crippen LogP contribution >= 0.6 is 11.3 Å². The number of nitrogens with one attached hydrogen (secondary N) is 1. The van der Waals surface area contributed by atoms with E-state index in [4.69, 9.17) is 4.98 Å². The van der Waals surface area contributed by atoms with Gasteiger partial charge in [0.05, 0.1) is 21.5 Å². The van der Waals surface area contributed by atoms with Gasteiger partial charge < -0.3 is 5.32 Å². The molecular weight excluding hydrogens is 371 g/mol. The average molecular weight is 390 g/mol. The van der Waals surface area contributed by atoms with E-state index in [1.54, 1.807) is 30.6 Å². The van der Waals surface area contributed by atoms with Crippen LogP contribution in [-0.2, 0) is 0 Å². The molecule has 0 fully saturated rings. The summed E-state index contributed by atoms with van der Waals surface area (Å²) in [5.74, 6) is 6.57. The first kappa shape index (κ1) is 18.2. The summed E-state index contributed by atoms with van der Waals surface area (Å²) in [4.78, 5) is 10.8. The van der Waals surface area contributed by atoms with Gasteiger partial charge in [-0.2, -0.15) is 0 Å². The number of anilines is 1. The molecule has 0 bridgehead atoms. The quantitative estimate of drug-likeness (QED) is 0.478. The second-order valence-electron chi connectivity index (χ2n) is 7.38. The Hall–Kier alpha value is -3.17. The van der Waals surface area contributed by atoms with Crippen LogP contribution in [0.2, 0.25) is 0 Å². The number of fused-ring (bicyclic) bond motifs is 1. The number of imidazole rings is 1. The molecule has 4 nitrogen and oxygen atoms in total. The van der Waals surface area contributed by atoms with Gasteiger partial charge >= 0.3 is 0 Å². The Kier molecular flexibility index (Phi) is 4.62. The molecule has 0 atom stereocenters.